The van der Waals surface area contributed by atoms with E-state index in [1.54, 1.807) is 18.2 Å². The molecule has 0 spiro atoms. The summed E-state index contributed by atoms with van der Waals surface area (Å²) in [5, 5.41) is 17.3. The first-order valence-corrected chi connectivity index (χ1v) is 11.4. The van der Waals surface area contributed by atoms with Gasteiger partial charge in [-0.3, -0.25) is 14.5 Å². The van der Waals surface area contributed by atoms with Crippen molar-refractivity contribution in [3.05, 3.63) is 52.9 Å². The van der Waals surface area contributed by atoms with Crippen LogP contribution in [0.3, 0.4) is 0 Å². The Labute approximate surface area is 187 Å². The molecule has 1 heterocycles. The van der Waals surface area contributed by atoms with Gasteiger partial charge in [-0.15, -0.1) is 0 Å². The van der Waals surface area contributed by atoms with Gasteiger partial charge in [-0.2, -0.15) is 0 Å². The third kappa shape index (κ3) is 5.41. The molecular formula is C19H17N3O6S3. The number of hydrogen-bond acceptors (Lipinski definition) is 8. The third-order valence-electron chi connectivity index (χ3n) is 4.14. The summed E-state index contributed by atoms with van der Waals surface area (Å²) in [7, 11) is -2.42. The van der Waals surface area contributed by atoms with Gasteiger partial charge >= 0.3 is 0 Å². The van der Waals surface area contributed by atoms with Crippen LogP contribution in [0.2, 0.25) is 0 Å². The lowest BCUT2D eigenvalue weighted by molar-refractivity contribution is -0.126. The molecule has 31 heavy (non-hydrogen) atoms. The number of primary sulfonamides is 1. The van der Waals surface area contributed by atoms with Crippen LogP contribution >= 0.6 is 24.0 Å². The molecule has 0 aliphatic carbocycles. The molecule has 1 aliphatic heterocycles. The van der Waals surface area contributed by atoms with Crippen LogP contribution in [0.15, 0.2) is 52.3 Å². The van der Waals surface area contributed by atoms with Crippen molar-refractivity contribution in [2.24, 2.45) is 5.14 Å². The summed E-state index contributed by atoms with van der Waals surface area (Å²) in [4.78, 5) is 26.4. The number of nitrogens with two attached hydrogens (primary N) is 1. The molecule has 162 valence electrons. The first-order valence-electron chi connectivity index (χ1n) is 8.63. The molecule has 0 radical (unpaired) electrons. The largest absolute Gasteiger partial charge is 0.504 e. The molecule has 2 amide bonds. The highest BCUT2D eigenvalue weighted by atomic mass is 32.2. The SMILES string of the molecule is COc1cc(/C=C2\SC(=S)N(CC(=O)Nc3ccc(S(N)(=O)=O)cc3)C2=O)ccc1O. The highest BCUT2D eigenvalue weighted by Crippen LogP contribution is 2.34. The Balaban J connectivity index is 1.69. The number of sulfonamides is 1. The molecule has 0 aromatic heterocycles. The highest BCUT2D eigenvalue weighted by molar-refractivity contribution is 8.26. The summed E-state index contributed by atoms with van der Waals surface area (Å²) in [5.74, 6) is -0.702. The maximum absolute atomic E-state index is 12.7. The standard InChI is InChI=1S/C19H17N3O6S3/c1-28-15-8-11(2-7-14(15)23)9-16-18(25)22(19(29)30-16)10-17(24)21-12-3-5-13(6-4-12)31(20,26)27/h2-9,23H,10H2,1H3,(H,21,24)(H2,20,26,27)/b16-9-. The van der Waals surface area contributed by atoms with Gasteiger partial charge in [0.05, 0.1) is 16.9 Å². The minimum absolute atomic E-state index is 0.0269. The van der Waals surface area contributed by atoms with Crippen molar-refractivity contribution in [3.63, 3.8) is 0 Å². The first-order chi connectivity index (χ1) is 14.6. The van der Waals surface area contributed by atoms with Crippen LogP contribution in [-0.2, 0) is 19.6 Å². The van der Waals surface area contributed by atoms with Crippen molar-refractivity contribution in [1.82, 2.24) is 4.90 Å². The Morgan fingerprint density at radius 3 is 2.58 bits per heavy atom. The maximum Gasteiger partial charge on any atom is 0.266 e. The number of thioether (sulfide) groups is 1. The number of methoxy groups -OCH3 is 1. The second-order valence-electron chi connectivity index (χ2n) is 6.32. The average molecular weight is 480 g/mol. The van der Waals surface area contributed by atoms with Crippen molar-refractivity contribution in [2.45, 2.75) is 4.90 Å². The third-order valence-corrected chi connectivity index (χ3v) is 6.45. The molecule has 1 fully saturated rings. The molecule has 0 atom stereocenters. The van der Waals surface area contributed by atoms with Crippen LogP contribution in [0.5, 0.6) is 11.5 Å². The molecule has 9 nitrogen and oxygen atoms in total. The number of nitrogens with one attached hydrogen (secondary N) is 1. The lowest BCUT2D eigenvalue weighted by Crippen LogP contribution is -2.36. The van der Waals surface area contributed by atoms with Gasteiger partial charge in [0, 0.05) is 5.69 Å². The van der Waals surface area contributed by atoms with Crippen LogP contribution in [0, 0.1) is 0 Å². The zero-order valence-electron chi connectivity index (χ0n) is 16.1. The van der Waals surface area contributed by atoms with Crippen molar-refractivity contribution < 1.29 is 27.9 Å². The fourth-order valence-electron chi connectivity index (χ4n) is 2.64. The number of amides is 2. The van der Waals surface area contributed by atoms with Gasteiger partial charge in [-0.1, -0.05) is 30.0 Å². The van der Waals surface area contributed by atoms with E-state index in [0.717, 1.165) is 16.7 Å². The molecule has 2 aromatic carbocycles. The molecule has 0 unspecified atom stereocenters. The van der Waals surface area contributed by atoms with Crippen molar-refractivity contribution in [3.8, 4) is 11.5 Å². The first kappa shape index (κ1) is 22.7. The number of ether oxygens (including phenoxy) is 1. The predicted octanol–water partition coefficient (Wildman–Crippen LogP) is 1.89. The maximum atomic E-state index is 12.7. The smallest absolute Gasteiger partial charge is 0.266 e. The van der Waals surface area contributed by atoms with Crippen LogP contribution in [-0.4, -0.2) is 48.2 Å². The van der Waals surface area contributed by atoms with Crippen LogP contribution in [0.4, 0.5) is 5.69 Å². The number of nitrogens with zero attached hydrogens (tertiary/aromatic N) is 1. The van der Waals surface area contributed by atoms with E-state index < -0.39 is 21.8 Å². The van der Waals surface area contributed by atoms with Crippen LogP contribution < -0.4 is 15.2 Å². The number of carbonyl (C=O) groups is 2. The van der Waals surface area contributed by atoms with E-state index in [9.17, 15) is 23.1 Å². The number of benzene rings is 2. The number of phenols is 1. The van der Waals surface area contributed by atoms with E-state index in [1.165, 1.54) is 37.4 Å². The fourth-order valence-corrected chi connectivity index (χ4v) is 4.41. The van der Waals surface area contributed by atoms with Crippen molar-refractivity contribution >= 4 is 61.9 Å². The van der Waals surface area contributed by atoms with E-state index >= 15 is 0 Å². The zero-order chi connectivity index (χ0) is 22.8. The van der Waals surface area contributed by atoms with Gasteiger partial charge in [-0.25, -0.2) is 13.6 Å². The topological polar surface area (TPSA) is 139 Å². The Kier molecular flexibility index (Phi) is 6.65. The van der Waals surface area contributed by atoms with Crippen LogP contribution in [0.25, 0.3) is 6.08 Å². The predicted molar refractivity (Wildman–Crippen MR) is 121 cm³/mol. The molecule has 0 saturated carbocycles. The summed E-state index contributed by atoms with van der Waals surface area (Å²) in [5.41, 5.74) is 0.962. The number of hydrogen-bond donors (Lipinski definition) is 3. The van der Waals surface area contributed by atoms with Crippen molar-refractivity contribution in [2.75, 3.05) is 19.0 Å². The minimum Gasteiger partial charge on any atom is -0.504 e. The number of rotatable bonds is 6. The second kappa shape index (κ2) is 9.06. The Morgan fingerprint density at radius 1 is 1.29 bits per heavy atom. The average Bonchev–Trinajstić information content (AvgIpc) is 2.96. The lowest BCUT2D eigenvalue weighted by Gasteiger charge is -2.14. The van der Waals surface area contributed by atoms with E-state index in [-0.39, 0.29) is 27.3 Å². The quantitative estimate of drug-likeness (QED) is 0.422. The van der Waals surface area contributed by atoms with Gasteiger partial charge in [0.15, 0.2) is 11.5 Å². The number of aromatic hydroxyl groups is 1. The van der Waals surface area contributed by atoms with Gasteiger partial charge in [-0.05, 0) is 48.0 Å². The summed E-state index contributed by atoms with van der Waals surface area (Å²) < 4.78 is 27.9. The van der Waals surface area contributed by atoms with E-state index in [1.807, 2.05) is 0 Å². The molecule has 12 heteroatoms. The molecule has 1 aliphatic rings. The second-order valence-corrected chi connectivity index (χ2v) is 9.55. The summed E-state index contributed by atoms with van der Waals surface area (Å²) >= 11 is 6.28. The van der Waals surface area contributed by atoms with E-state index in [0.29, 0.717) is 16.2 Å². The highest BCUT2D eigenvalue weighted by Gasteiger charge is 2.33. The van der Waals surface area contributed by atoms with Gasteiger partial charge in [0.2, 0.25) is 15.9 Å². The number of thiocarbonyl (C=S) groups is 1. The number of phenolic OH excluding ortho intramolecular Hbond substituents is 1. The normalized spacial score (nSPS) is 15.4. The minimum atomic E-state index is -3.83. The van der Waals surface area contributed by atoms with Gasteiger partial charge in [0.1, 0.15) is 10.9 Å². The van der Waals surface area contributed by atoms with Crippen molar-refractivity contribution in [1.29, 1.82) is 0 Å². The fraction of sp³-hybridized carbons (Fsp3) is 0.105. The van der Waals surface area contributed by atoms with Crippen LogP contribution in [0.1, 0.15) is 5.56 Å². The molecule has 2 aromatic rings. The number of carbonyl (C=O) groups excluding carboxylic acids is 2. The molecule has 1 saturated heterocycles. The van der Waals surface area contributed by atoms with E-state index in [2.05, 4.69) is 5.32 Å². The Morgan fingerprint density at radius 2 is 1.97 bits per heavy atom. The monoisotopic (exact) mass is 479 g/mol. The lowest BCUT2D eigenvalue weighted by atomic mass is 10.2. The van der Waals surface area contributed by atoms with Gasteiger partial charge in [0.25, 0.3) is 5.91 Å². The van der Waals surface area contributed by atoms with Gasteiger partial charge < -0.3 is 15.2 Å². The Hall–Kier alpha value is -2.93. The zero-order valence-corrected chi connectivity index (χ0v) is 18.5. The Bertz CT molecular complexity index is 1190. The summed E-state index contributed by atoms with van der Waals surface area (Å²) in [6.45, 7) is -0.308. The summed E-state index contributed by atoms with van der Waals surface area (Å²) in [6.07, 6.45) is 1.59. The molecule has 4 N–H and O–H groups in total. The molecule has 0 bridgehead atoms. The molecular weight excluding hydrogens is 462 g/mol. The molecule has 3 rings (SSSR count). The number of anilines is 1. The summed E-state index contributed by atoms with van der Waals surface area (Å²) in [6, 6.07) is 9.93. The van der Waals surface area contributed by atoms with E-state index in [4.69, 9.17) is 22.1 Å².